The lowest BCUT2D eigenvalue weighted by atomic mass is 10.1. The first kappa shape index (κ1) is 10.2. The van der Waals surface area contributed by atoms with Crippen molar-refractivity contribution >= 4 is 5.82 Å². The molecular weight excluding hydrogens is 192 g/mol. The second kappa shape index (κ2) is 4.44. The van der Waals surface area contributed by atoms with Crippen LogP contribution in [0.25, 0.3) is 0 Å². The Morgan fingerprint density at radius 2 is 2.40 bits per heavy atom. The Morgan fingerprint density at radius 1 is 1.53 bits per heavy atom. The summed E-state index contributed by atoms with van der Waals surface area (Å²) in [5, 5.41) is 0. The molecule has 1 aliphatic rings. The Bertz CT molecular complexity index is 331. The summed E-state index contributed by atoms with van der Waals surface area (Å²) in [5.41, 5.74) is 5.91. The summed E-state index contributed by atoms with van der Waals surface area (Å²) in [6, 6.07) is 0.242. The Labute approximate surface area is 89.3 Å². The smallest absolute Gasteiger partial charge is 0.233 e. The summed E-state index contributed by atoms with van der Waals surface area (Å²) in [6.07, 6.45) is 5.56. The van der Waals surface area contributed by atoms with E-state index in [1.165, 1.54) is 0 Å². The van der Waals surface area contributed by atoms with Gasteiger partial charge < -0.3 is 15.4 Å². The number of nitrogens with two attached hydrogens (primary N) is 1. The van der Waals surface area contributed by atoms with Crippen LogP contribution in [0.3, 0.4) is 0 Å². The van der Waals surface area contributed by atoms with E-state index in [9.17, 15) is 0 Å². The Kier molecular flexibility index (Phi) is 3.01. The number of rotatable bonds is 2. The maximum atomic E-state index is 5.91. The van der Waals surface area contributed by atoms with Crippen molar-refractivity contribution in [3.05, 3.63) is 12.4 Å². The first-order valence-corrected chi connectivity index (χ1v) is 5.16. The maximum absolute atomic E-state index is 5.91. The summed E-state index contributed by atoms with van der Waals surface area (Å²) in [4.78, 5) is 10.6. The zero-order valence-electron chi connectivity index (χ0n) is 8.89. The Morgan fingerprint density at radius 3 is 3.13 bits per heavy atom. The van der Waals surface area contributed by atoms with Gasteiger partial charge in [-0.2, -0.15) is 4.98 Å². The van der Waals surface area contributed by atoms with E-state index in [0.29, 0.717) is 5.88 Å². The summed E-state index contributed by atoms with van der Waals surface area (Å²) >= 11 is 0. The minimum Gasteiger partial charge on any atom is -0.480 e. The van der Waals surface area contributed by atoms with Crippen LogP contribution in [-0.4, -0.2) is 36.2 Å². The summed E-state index contributed by atoms with van der Waals surface area (Å²) in [7, 11) is 1.59. The summed E-state index contributed by atoms with van der Waals surface area (Å²) < 4.78 is 5.04. The van der Waals surface area contributed by atoms with Gasteiger partial charge in [-0.25, -0.2) is 0 Å². The molecule has 1 unspecified atom stereocenters. The van der Waals surface area contributed by atoms with Crippen LogP contribution in [0.2, 0.25) is 0 Å². The zero-order chi connectivity index (χ0) is 10.7. The standard InChI is InChI=1S/C10H16N4O/c1-15-10-6-12-5-9(13-10)14-4-2-3-8(11)7-14/h5-6,8H,2-4,7,11H2,1H3. The highest BCUT2D eigenvalue weighted by Gasteiger charge is 2.18. The third kappa shape index (κ3) is 2.36. The molecule has 1 aromatic rings. The molecule has 2 rings (SSSR count). The fraction of sp³-hybridized carbons (Fsp3) is 0.600. The topological polar surface area (TPSA) is 64.3 Å². The molecule has 2 heterocycles. The highest BCUT2D eigenvalue weighted by molar-refractivity contribution is 5.38. The molecule has 1 fully saturated rings. The third-order valence-corrected chi connectivity index (χ3v) is 2.59. The van der Waals surface area contributed by atoms with Crippen LogP contribution in [0.1, 0.15) is 12.8 Å². The molecule has 0 aliphatic carbocycles. The number of piperidine rings is 1. The number of ether oxygens (including phenoxy) is 1. The van der Waals surface area contributed by atoms with Gasteiger partial charge in [-0.15, -0.1) is 0 Å². The van der Waals surface area contributed by atoms with Crippen LogP contribution in [0.15, 0.2) is 12.4 Å². The number of hydrogen-bond donors (Lipinski definition) is 1. The van der Waals surface area contributed by atoms with E-state index >= 15 is 0 Å². The highest BCUT2D eigenvalue weighted by Crippen LogP contribution is 2.18. The monoisotopic (exact) mass is 208 g/mol. The van der Waals surface area contributed by atoms with Crippen LogP contribution >= 0.6 is 0 Å². The van der Waals surface area contributed by atoms with E-state index in [1.54, 1.807) is 19.5 Å². The minimum atomic E-state index is 0.242. The van der Waals surface area contributed by atoms with Crippen molar-refractivity contribution in [1.82, 2.24) is 9.97 Å². The second-order valence-electron chi connectivity index (χ2n) is 3.77. The molecule has 5 heteroatoms. The normalized spacial score (nSPS) is 21.5. The van der Waals surface area contributed by atoms with Crippen LogP contribution < -0.4 is 15.4 Å². The minimum absolute atomic E-state index is 0.242. The fourth-order valence-electron chi connectivity index (χ4n) is 1.81. The lowest BCUT2D eigenvalue weighted by Crippen LogP contribution is -2.43. The molecule has 0 saturated carbocycles. The molecule has 1 aliphatic heterocycles. The van der Waals surface area contributed by atoms with Crippen LogP contribution in [0.5, 0.6) is 5.88 Å². The van der Waals surface area contributed by atoms with Crippen molar-refractivity contribution in [1.29, 1.82) is 0 Å². The van der Waals surface area contributed by atoms with Crippen LogP contribution in [-0.2, 0) is 0 Å². The number of methoxy groups -OCH3 is 1. The third-order valence-electron chi connectivity index (χ3n) is 2.59. The van der Waals surface area contributed by atoms with Gasteiger partial charge in [-0.3, -0.25) is 4.98 Å². The average Bonchev–Trinajstić information content (AvgIpc) is 2.29. The van der Waals surface area contributed by atoms with Crippen LogP contribution in [0.4, 0.5) is 5.82 Å². The fourth-order valence-corrected chi connectivity index (χ4v) is 1.81. The van der Waals surface area contributed by atoms with Crippen molar-refractivity contribution in [2.45, 2.75) is 18.9 Å². The lowest BCUT2D eigenvalue weighted by molar-refractivity contribution is 0.394. The zero-order valence-corrected chi connectivity index (χ0v) is 8.89. The van der Waals surface area contributed by atoms with Crippen molar-refractivity contribution in [3.8, 4) is 5.88 Å². The van der Waals surface area contributed by atoms with Gasteiger partial charge in [0.05, 0.1) is 19.5 Å². The van der Waals surface area contributed by atoms with E-state index in [0.717, 1.165) is 31.7 Å². The molecule has 0 radical (unpaired) electrons. The number of aromatic nitrogens is 2. The SMILES string of the molecule is COc1cncc(N2CCCC(N)C2)n1. The highest BCUT2D eigenvalue weighted by atomic mass is 16.5. The van der Waals surface area contributed by atoms with Gasteiger partial charge in [0.25, 0.3) is 0 Å². The molecular formula is C10H16N4O. The predicted octanol–water partition coefficient (Wildman–Crippen LogP) is 0.413. The largest absolute Gasteiger partial charge is 0.480 e. The molecule has 15 heavy (non-hydrogen) atoms. The quantitative estimate of drug-likeness (QED) is 0.762. The van der Waals surface area contributed by atoms with E-state index in [1.807, 2.05) is 0 Å². The van der Waals surface area contributed by atoms with Gasteiger partial charge in [-0.1, -0.05) is 0 Å². The Hall–Kier alpha value is -1.36. The molecule has 0 aromatic carbocycles. The van der Waals surface area contributed by atoms with E-state index < -0.39 is 0 Å². The molecule has 82 valence electrons. The molecule has 1 aromatic heterocycles. The van der Waals surface area contributed by atoms with E-state index in [2.05, 4.69) is 14.9 Å². The summed E-state index contributed by atoms with van der Waals surface area (Å²) in [5.74, 6) is 1.40. The van der Waals surface area contributed by atoms with E-state index in [4.69, 9.17) is 10.5 Å². The van der Waals surface area contributed by atoms with Crippen molar-refractivity contribution < 1.29 is 4.74 Å². The van der Waals surface area contributed by atoms with Gasteiger partial charge in [0.2, 0.25) is 5.88 Å². The lowest BCUT2D eigenvalue weighted by Gasteiger charge is -2.31. The second-order valence-corrected chi connectivity index (χ2v) is 3.77. The molecule has 1 atom stereocenters. The molecule has 0 spiro atoms. The molecule has 2 N–H and O–H groups in total. The molecule has 1 saturated heterocycles. The maximum Gasteiger partial charge on any atom is 0.233 e. The molecule has 0 bridgehead atoms. The number of hydrogen-bond acceptors (Lipinski definition) is 5. The Balaban J connectivity index is 2.13. The van der Waals surface area contributed by atoms with Gasteiger partial charge in [0.15, 0.2) is 5.82 Å². The van der Waals surface area contributed by atoms with Gasteiger partial charge in [0, 0.05) is 19.1 Å². The average molecular weight is 208 g/mol. The van der Waals surface area contributed by atoms with Gasteiger partial charge >= 0.3 is 0 Å². The number of anilines is 1. The van der Waals surface area contributed by atoms with Gasteiger partial charge in [-0.05, 0) is 12.8 Å². The van der Waals surface area contributed by atoms with Gasteiger partial charge in [0.1, 0.15) is 0 Å². The molecule has 5 nitrogen and oxygen atoms in total. The number of nitrogens with zero attached hydrogens (tertiary/aromatic N) is 3. The van der Waals surface area contributed by atoms with Crippen molar-refractivity contribution in [3.63, 3.8) is 0 Å². The molecule has 0 amide bonds. The first-order valence-electron chi connectivity index (χ1n) is 5.16. The predicted molar refractivity (Wildman–Crippen MR) is 58.0 cm³/mol. The van der Waals surface area contributed by atoms with Crippen molar-refractivity contribution in [2.75, 3.05) is 25.1 Å². The van der Waals surface area contributed by atoms with Crippen molar-refractivity contribution in [2.24, 2.45) is 5.73 Å². The summed E-state index contributed by atoms with van der Waals surface area (Å²) in [6.45, 7) is 1.84. The van der Waals surface area contributed by atoms with E-state index in [-0.39, 0.29) is 6.04 Å². The first-order chi connectivity index (χ1) is 7.29. The van der Waals surface area contributed by atoms with Crippen LogP contribution in [0, 0.1) is 0 Å².